The predicted molar refractivity (Wildman–Crippen MR) is 139 cm³/mol. The lowest BCUT2D eigenvalue weighted by atomic mass is 9.93. The van der Waals surface area contributed by atoms with Crippen LogP contribution in [0.1, 0.15) is 61.6 Å². The quantitative estimate of drug-likeness (QED) is 0.240. The largest absolute Gasteiger partial charge is 0.495 e. The van der Waals surface area contributed by atoms with Gasteiger partial charge < -0.3 is 10.1 Å². The van der Waals surface area contributed by atoms with E-state index in [4.69, 9.17) is 4.74 Å². The number of carbonyl (C=O) groups is 2. The maximum absolute atomic E-state index is 13.9. The average molecular weight is 495 g/mol. The van der Waals surface area contributed by atoms with Gasteiger partial charge in [-0.25, -0.2) is 0 Å². The third-order valence-corrected chi connectivity index (χ3v) is 7.46. The van der Waals surface area contributed by atoms with Crippen molar-refractivity contribution in [3.63, 3.8) is 0 Å². The molecule has 4 rings (SSSR count). The molecule has 1 saturated carbocycles. The average Bonchev–Trinajstić information content (AvgIpc) is 3.08. The van der Waals surface area contributed by atoms with E-state index in [2.05, 4.69) is 17.0 Å². The van der Waals surface area contributed by atoms with Crippen LogP contribution >= 0.6 is 11.8 Å². The van der Waals surface area contributed by atoms with Gasteiger partial charge in [-0.1, -0.05) is 44.4 Å². The van der Waals surface area contributed by atoms with Gasteiger partial charge >= 0.3 is 0 Å². The van der Waals surface area contributed by atoms with E-state index in [0.29, 0.717) is 17.1 Å². The molecular formula is C27H34N4O3S. The van der Waals surface area contributed by atoms with E-state index in [-0.39, 0.29) is 31.0 Å². The van der Waals surface area contributed by atoms with Crippen LogP contribution in [0.2, 0.25) is 0 Å². The number of allylic oxidation sites excluding steroid dienone is 2. The fourth-order valence-electron chi connectivity index (χ4n) is 4.87. The highest BCUT2D eigenvalue weighted by Gasteiger charge is 2.49. The first kappa shape index (κ1) is 25.1. The molecule has 186 valence electrons. The van der Waals surface area contributed by atoms with E-state index < -0.39 is 5.54 Å². The molecule has 1 fully saturated rings. The summed E-state index contributed by atoms with van der Waals surface area (Å²) in [6.45, 7) is 5.95. The van der Waals surface area contributed by atoms with Crippen molar-refractivity contribution >= 4 is 29.3 Å². The lowest BCUT2D eigenvalue weighted by molar-refractivity contribution is -0.127. The predicted octanol–water partition coefficient (Wildman–Crippen LogP) is 5.08. The van der Waals surface area contributed by atoms with Crippen LogP contribution in [0.5, 0.6) is 0 Å². The van der Waals surface area contributed by atoms with Crippen molar-refractivity contribution in [2.45, 2.75) is 75.1 Å². The van der Waals surface area contributed by atoms with Crippen LogP contribution in [0.15, 0.2) is 60.2 Å². The molecule has 1 unspecified atom stereocenters. The van der Waals surface area contributed by atoms with Crippen LogP contribution in [0, 0.1) is 0 Å². The van der Waals surface area contributed by atoms with E-state index in [1.807, 2.05) is 37.4 Å². The zero-order valence-electron chi connectivity index (χ0n) is 20.5. The Kier molecular flexibility index (Phi) is 8.00. The summed E-state index contributed by atoms with van der Waals surface area (Å²) in [6, 6.07) is 9.67. The monoisotopic (exact) mass is 494 g/mol. The highest BCUT2D eigenvalue weighted by atomic mass is 32.2. The molecule has 1 aliphatic carbocycles. The van der Waals surface area contributed by atoms with Crippen LogP contribution < -0.4 is 10.2 Å². The Balaban J connectivity index is 1.68. The first-order valence-electron chi connectivity index (χ1n) is 12.2. The lowest BCUT2D eigenvalue weighted by Gasteiger charge is -2.43. The minimum Gasteiger partial charge on any atom is -0.495 e. The van der Waals surface area contributed by atoms with Gasteiger partial charge in [0.2, 0.25) is 5.91 Å². The Labute approximate surface area is 211 Å². The lowest BCUT2D eigenvalue weighted by Crippen LogP contribution is -2.65. The molecule has 0 spiro atoms. The van der Waals surface area contributed by atoms with Gasteiger partial charge in [0.15, 0.2) is 0 Å². The molecule has 2 heterocycles. The second-order valence-electron chi connectivity index (χ2n) is 9.33. The van der Waals surface area contributed by atoms with Crippen molar-refractivity contribution in [2.24, 2.45) is 0 Å². The van der Waals surface area contributed by atoms with Gasteiger partial charge in [0.05, 0.1) is 12.8 Å². The fourth-order valence-corrected chi connectivity index (χ4v) is 5.32. The maximum Gasteiger partial charge on any atom is 0.277 e. The molecule has 7 nitrogen and oxygen atoms in total. The summed E-state index contributed by atoms with van der Waals surface area (Å²) < 4.78 is 7.14. The highest BCUT2D eigenvalue weighted by Crippen LogP contribution is 2.35. The van der Waals surface area contributed by atoms with Crippen molar-refractivity contribution in [3.05, 3.63) is 66.7 Å². The molecule has 2 aliphatic rings. The number of aromatic nitrogens is 2. The van der Waals surface area contributed by atoms with Crippen LogP contribution in [0.25, 0.3) is 0 Å². The second kappa shape index (κ2) is 11.2. The number of hydrogen-bond donors (Lipinski definition) is 1. The Morgan fingerprint density at radius 1 is 1.29 bits per heavy atom. The minimum atomic E-state index is -1.12. The summed E-state index contributed by atoms with van der Waals surface area (Å²) in [5.41, 5.74) is 0.666. The van der Waals surface area contributed by atoms with Crippen LogP contribution in [0.4, 0.5) is 5.69 Å². The fraction of sp³-hybridized carbons (Fsp3) is 0.444. The number of ether oxygens (including phenoxy) is 1. The van der Waals surface area contributed by atoms with Crippen molar-refractivity contribution < 1.29 is 14.3 Å². The number of fused-ring (bicyclic) bond motifs is 1. The number of benzene rings is 1. The molecule has 8 heteroatoms. The topological polar surface area (TPSA) is 76.5 Å². The van der Waals surface area contributed by atoms with E-state index in [1.54, 1.807) is 39.6 Å². The number of rotatable bonds is 8. The molecule has 35 heavy (non-hydrogen) atoms. The summed E-state index contributed by atoms with van der Waals surface area (Å²) in [6.07, 6.45) is 13.5. The molecule has 1 atom stereocenters. The SMILES string of the molecule is C=C/C=C\OCc1cc2n(n1)CC(C)(C(=O)NC1CCCCCC1)N(c1cccc(SC)c1)C2=O. The molecule has 0 saturated heterocycles. The normalized spacial score (nSPS) is 21.0. The van der Waals surface area contributed by atoms with Crippen molar-refractivity contribution in [3.8, 4) is 0 Å². The first-order valence-corrected chi connectivity index (χ1v) is 13.4. The molecular weight excluding hydrogens is 460 g/mol. The number of hydrogen-bond acceptors (Lipinski definition) is 5. The van der Waals surface area contributed by atoms with E-state index >= 15 is 0 Å². The molecule has 1 aromatic carbocycles. The summed E-state index contributed by atoms with van der Waals surface area (Å²) >= 11 is 1.60. The number of thioether (sulfide) groups is 1. The molecule has 1 aromatic heterocycles. The molecule has 0 bridgehead atoms. The van der Waals surface area contributed by atoms with Crippen LogP contribution in [0.3, 0.4) is 0 Å². The number of carbonyl (C=O) groups excluding carboxylic acids is 2. The van der Waals surface area contributed by atoms with Crippen molar-refractivity contribution in [1.82, 2.24) is 15.1 Å². The summed E-state index contributed by atoms with van der Waals surface area (Å²) in [7, 11) is 0. The minimum absolute atomic E-state index is 0.135. The Morgan fingerprint density at radius 2 is 2.06 bits per heavy atom. The van der Waals surface area contributed by atoms with Crippen LogP contribution in [-0.4, -0.2) is 39.4 Å². The molecule has 2 amide bonds. The number of anilines is 1. The summed E-state index contributed by atoms with van der Waals surface area (Å²) in [4.78, 5) is 30.4. The van der Waals surface area contributed by atoms with Gasteiger partial charge in [-0.3, -0.25) is 19.2 Å². The standard InChI is InChI=1S/C27H34N4O3S/c1-4-5-15-34-18-21-16-24-25(32)31(22-13-10-14-23(17-22)35-3)27(2,19-30(24)29-21)26(33)28-20-11-8-6-7-9-12-20/h4-5,10,13-17,20H,1,6-9,11-12,18-19H2,2-3H3,(H,28,33)/b15-5-. The van der Waals surface area contributed by atoms with E-state index in [0.717, 1.165) is 30.6 Å². The van der Waals surface area contributed by atoms with Crippen molar-refractivity contribution in [1.29, 1.82) is 0 Å². The zero-order valence-corrected chi connectivity index (χ0v) is 21.4. The number of amides is 2. The molecule has 2 aromatic rings. The summed E-state index contributed by atoms with van der Waals surface area (Å²) in [5.74, 6) is -0.381. The van der Waals surface area contributed by atoms with Crippen molar-refractivity contribution in [2.75, 3.05) is 11.2 Å². The third-order valence-electron chi connectivity index (χ3n) is 6.74. The molecule has 0 radical (unpaired) electrons. The number of nitrogens with one attached hydrogen (secondary N) is 1. The van der Waals surface area contributed by atoms with Gasteiger partial charge in [0, 0.05) is 16.6 Å². The Morgan fingerprint density at radius 3 is 2.77 bits per heavy atom. The second-order valence-corrected chi connectivity index (χ2v) is 10.2. The smallest absolute Gasteiger partial charge is 0.277 e. The van der Waals surface area contributed by atoms with E-state index in [1.165, 1.54) is 19.1 Å². The van der Waals surface area contributed by atoms with Gasteiger partial charge in [-0.2, -0.15) is 5.10 Å². The maximum atomic E-state index is 13.9. The molecule has 1 N–H and O–H groups in total. The van der Waals surface area contributed by atoms with Gasteiger partial charge in [0.25, 0.3) is 5.91 Å². The number of nitrogens with zero attached hydrogens (tertiary/aromatic N) is 3. The van der Waals surface area contributed by atoms with Gasteiger partial charge in [-0.15, -0.1) is 11.8 Å². The van der Waals surface area contributed by atoms with Gasteiger partial charge in [0.1, 0.15) is 23.5 Å². The first-order chi connectivity index (χ1) is 17.0. The Bertz CT molecular complexity index is 1100. The van der Waals surface area contributed by atoms with E-state index in [9.17, 15) is 9.59 Å². The summed E-state index contributed by atoms with van der Waals surface area (Å²) in [5, 5.41) is 7.88. The third kappa shape index (κ3) is 5.48. The zero-order chi connectivity index (χ0) is 24.8. The van der Waals surface area contributed by atoms with Crippen LogP contribution in [-0.2, 0) is 22.7 Å². The Hall–Kier alpha value is -3.00. The molecule has 1 aliphatic heterocycles. The van der Waals surface area contributed by atoms with Gasteiger partial charge in [-0.05, 0) is 56.4 Å². The highest BCUT2D eigenvalue weighted by molar-refractivity contribution is 7.98.